The summed E-state index contributed by atoms with van der Waals surface area (Å²) in [5, 5.41) is 21.7. The first-order chi connectivity index (χ1) is 16.3. The Balaban J connectivity index is 1.57. The van der Waals surface area contributed by atoms with E-state index in [2.05, 4.69) is 20.5 Å². The molecule has 0 spiro atoms. The van der Waals surface area contributed by atoms with Gasteiger partial charge in [-0.1, -0.05) is 24.3 Å². The van der Waals surface area contributed by atoms with Crippen LogP contribution in [-0.4, -0.2) is 30.3 Å². The lowest BCUT2D eigenvalue weighted by atomic mass is 10.2. The van der Waals surface area contributed by atoms with Crippen molar-refractivity contribution in [2.24, 2.45) is 0 Å². The Kier molecular flexibility index (Phi) is 5.10. The molecular weight excluding hydrogens is 467 g/mol. The molecule has 5 rings (SSSR count). The van der Waals surface area contributed by atoms with E-state index in [1.54, 1.807) is 47.8 Å². The van der Waals surface area contributed by atoms with Crippen LogP contribution in [0.4, 0.5) is 19.0 Å². The SMILES string of the molecule is N#Cc1cnn(-c2ccccc2)c1NC(=O)c1cc2nc(-c3cccs3)cc(C(F)(F)F)n2n1. The molecule has 4 heterocycles. The number of benzene rings is 1. The molecule has 1 aromatic carbocycles. The standard InChI is InChI=1S/C22H12F3N7OS/c23-22(24,25)18-9-15(17-7-4-8-34-17)28-19-10-16(30-32(18)19)21(33)29-20-13(11-26)12-27-31(20)14-5-2-1-3-6-14/h1-10,12H,(H,29,33). The van der Waals surface area contributed by atoms with E-state index in [4.69, 9.17) is 0 Å². The fourth-order valence-electron chi connectivity index (χ4n) is 3.32. The van der Waals surface area contributed by atoms with Gasteiger partial charge < -0.3 is 5.32 Å². The predicted octanol–water partition coefficient (Wildman–Crippen LogP) is 4.79. The maximum Gasteiger partial charge on any atom is 0.433 e. The van der Waals surface area contributed by atoms with Gasteiger partial charge in [-0.15, -0.1) is 11.3 Å². The van der Waals surface area contributed by atoms with Crippen LogP contribution in [0.5, 0.6) is 0 Å². The van der Waals surface area contributed by atoms with Gasteiger partial charge in [0.2, 0.25) is 0 Å². The largest absolute Gasteiger partial charge is 0.433 e. The van der Waals surface area contributed by atoms with Gasteiger partial charge in [0.25, 0.3) is 5.91 Å². The molecule has 0 radical (unpaired) electrons. The van der Waals surface area contributed by atoms with Crippen molar-refractivity contribution in [3.05, 3.63) is 83.1 Å². The molecule has 5 aromatic rings. The number of rotatable bonds is 4. The zero-order valence-corrected chi connectivity index (χ0v) is 17.8. The second-order valence-corrected chi connectivity index (χ2v) is 7.97. The molecule has 34 heavy (non-hydrogen) atoms. The lowest BCUT2D eigenvalue weighted by molar-refractivity contribution is -0.142. The molecule has 0 fully saturated rings. The van der Waals surface area contributed by atoms with Gasteiger partial charge in [-0.05, 0) is 29.6 Å². The number of nitrogens with zero attached hydrogens (tertiary/aromatic N) is 6. The Hall–Kier alpha value is -4.50. The summed E-state index contributed by atoms with van der Waals surface area (Å²) in [7, 11) is 0. The number of halogens is 3. The van der Waals surface area contributed by atoms with Gasteiger partial charge in [-0.3, -0.25) is 4.79 Å². The van der Waals surface area contributed by atoms with E-state index >= 15 is 0 Å². The molecule has 0 atom stereocenters. The molecule has 0 unspecified atom stereocenters. The molecular formula is C22H12F3N7OS. The van der Waals surface area contributed by atoms with Crippen molar-refractivity contribution in [2.45, 2.75) is 6.18 Å². The number of aromatic nitrogens is 5. The quantitative estimate of drug-likeness (QED) is 0.400. The molecule has 0 aliphatic heterocycles. The number of carbonyl (C=O) groups is 1. The van der Waals surface area contributed by atoms with Crippen molar-refractivity contribution in [1.29, 1.82) is 5.26 Å². The van der Waals surface area contributed by atoms with Crippen LogP contribution in [-0.2, 0) is 6.18 Å². The molecule has 0 saturated carbocycles. The van der Waals surface area contributed by atoms with Crippen molar-refractivity contribution in [3.63, 3.8) is 0 Å². The number of amides is 1. The number of para-hydroxylation sites is 1. The highest BCUT2D eigenvalue weighted by atomic mass is 32.1. The van der Waals surface area contributed by atoms with E-state index < -0.39 is 17.8 Å². The monoisotopic (exact) mass is 479 g/mol. The topological polar surface area (TPSA) is 101 Å². The molecule has 12 heteroatoms. The highest BCUT2D eigenvalue weighted by Crippen LogP contribution is 2.33. The number of thiophene rings is 1. The average Bonchev–Trinajstić information content (AvgIpc) is 3.57. The van der Waals surface area contributed by atoms with E-state index in [0.717, 1.165) is 12.1 Å². The van der Waals surface area contributed by atoms with E-state index in [9.17, 15) is 23.2 Å². The van der Waals surface area contributed by atoms with Crippen LogP contribution in [0.3, 0.4) is 0 Å². The highest BCUT2D eigenvalue weighted by Gasteiger charge is 2.36. The van der Waals surface area contributed by atoms with Crippen LogP contribution in [0.1, 0.15) is 21.7 Å². The Morgan fingerprint density at radius 2 is 1.91 bits per heavy atom. The molecule has 168 valence electrons. The number of hydrogen-bond donors (Lipinski definition) is 1. The summed E-state index contributed by atoms with van der Waals surface area (Å²) in [4.78, 5) is 17.8. The second-order valence-electron chi connectivity index (χ2n) is 7.02. The van der Waals surface area contributed by atoms with Gasteiger partial charge in [-0.2, -0.15) is 28.6 Å². The van der Waals surface area contributed by atoms with E-state index in [1.165, 1.54) is 22.2 Å². The normalized spacial score (nSPS) is 11.5. The number of alkyl halides is 3. The van der Waals surface area contributed by atoms with Gasteiger partial charge in [-0.25, -0.2) is 14.2 Å². The molecule has 8 nitrogen and oxygen atoms in total. The van der Waals surface area contributed by atoms with E-state index in [0.29, 0.717) is 15.1 Å². The predicted molar refractivity (Wildman–Crippen MR) is 118 cm³/mol. The number of fused-ring (bicyclic) bond motifs is 1. The average molecular weight is 479 g/mol. The van der Waals surface area contributed by atoms with E-state index in [-0.39, 0.29) is 28.4 Å². The first-order valence-corrected chi connectivity index (χ1v) is 10.6. The third kappa shape index (κ3) is 3.78. The minimum Gasteiger partial charge on any atom is -0.304 e. The van der Waals surface area contributed by atoms with Gasteiger partial charge in [0.15, 0.2) is 22.9 Å². The van der Waals surface area contributed by atoms with Gasteiger partial charge in [0.1, 0.15) is 11.6 Å². The van der Waals surface area contributed by atoms with E-state index in [1.807, 2.05) is 6.07 Å². The molecule has 4 aromatic heterocycles. The Morgan fingerprint density at radius 3 is 2.59 bits per heavy atom. The number of anilines is 1. The van der Waals surface area contributed by atoms with Crippen LogP contribution in [0.15, 0.2) is 66.2 Å². The second kappa shape index (κ2) is 8.13. The van der Waals surface area contributed by atoms with Crippen molar-refractivity contribution in [2.75, 3.05) is 5.32 Å². The summed E-state index contributed by atoms with van der Waals surface area (Å²) in [6.45, 7) is 0. The molecule has 1 amide bonds. The number of nitriles is 1. The molecule has 1 N–H and O–H groups in total. The number of nitrogens with one attached hydrogen (secondary N) is 1. The highest BCUT2D eigenvalue weighted by molar-refractivity contribution is 7.13. The third-order valence-electron chi connectivity index (χ3n) is 4.85. The van der Waals surface area contributed by atoms with Crippen LogP contribution in [0.25, 0.3) is 21.9 Å². The minimum absolute atomic E-state index is 0.0686. The van der Waals surface area contributed by atoms with Gasteiger partial charge >= 0.3 is 6.18 Å². The van der Waals surface area contributed by atoms with Crippen molar-refractivity contribution >= 4 is 28.7 Å². The molecule has 0 aliphatic carbocycles. The maximum absolute atomic E-state index is 13.8. The summed E-state index contributed by atoms with van der Waals surface area (Å²) in [5.41, 5.74) is -0.722. The minimum atomic E-state index is -4.73. The lowest BCUT2D eigenvalue weighted by Gasteiger charge is -2.10. The van der Waals surface area contributed by atoms with Gasteiger partial charge in [0.05, 0.1) is 22.5 Å². The molecule has 0 saturated heterocycles. The Labute approximate surface area is 193 Å². The van der Waals surface area contributed by atoms with Crippen LogP contribution < -0.4 is 5.32 Å². The van der Waals surface area contributed by atoms with Crippen molar-refractivity contribution in [1.82, 2.24) is 24.4 Å². The maximum atomic E-state index is 13.8. The lowest BCUT2D eigenvalue weighted by Crippen LogP contribution is -2.17. The van der Waals surface area contributed by atoms with Crippen LogP contribution >= 0.6 is 11.3 Å². The third-order valence-corrected chi connectivity index (χ3v) is 5.74. The number of carbonyl (C=O) groups excluding carboxylic acids is 1. The number of hydrogen-bond acceptors (Lipinski definition) is 6. The zero-order valence-electron chi connectivity index (χ0n) is 17.0. The summed E-state index contributed by atoms with van der Waals surface area (Å²) < 4.78 is 43.2. The van der Waals surface area contributed by atoms with Crippen molar-refractivity contribution in [3.8, 4) is 22.3 Å². The first kappa shape index (κ1) is 21.4. The first-order valence-electron chi connectivity index (χ1n) is 9.72. The van der Waals surface area contributed by atoms with Crippen LogP contribution in [0.2, 0.25) is 0 Å². The zero-order chi connectivity index (χ0) is 23.9. The Bertz CT molecular complexity index is 1550. The van der Waals surface area contributed by atoms with Crippen LogP contribution in [0, 0.1) is 11.3 Å². The van der Waals surface area contributed by atoms with Gasteiger partial charge in [0, 0.05) is 6.07 Å². The summed E-state index contributed by atoms with van der Waals surface area (Å²) >= 11 is 1.24. The van der Waals surface area contributed by atoms with Crippen molar-refractivity contribution < 1.29 is 18.0 Å². The summed E-state index contributed by atoms with van der Waals surface area (Å²) in [5.74, 6) is -0.746. The fourth-order valence-corrected chi connectivity index (χ4v) is 4.01. The Morgan fingerprint density at radius 1 is 1.12 bits per heavy atom. The fraction of sp³-hybridized carbons (Fsp3) is 0.0455. The summed E-state index contributed by atoms with van der Waals surface area (Å²) in [6, 6.07) is 16.1. The summed E-state index contributed by atoms with van der Waals surface area (Å²) in [6.07, 6.45) is -3.45. The smallest absolute Gasteiger partial charge is 0.304 e. The molecule has 0 aliphatic rings. The molecule has 0 bridgehead atoms.